The van der Waals surface area contributed by atoms with Crippen LogP contribution in [-0.2, 0) is 0 Å². The third kappa shape index (κ3) is 4.48. The van der Waals surface area contributed by atoms with Crippen molar-refractivity contribution in [1.82, 2.24) is 29.5 Å². The maximum absolute atomic E-state index is 6.40. The fraction of sp³-hybridized carbons (Fsp3) is 0.385. The number of halogens is 2. The first kappa shape index (κ1) is 24.0. The number of nitrogens with one attached hydrogen (secondary N) is 1. The summed E-state index contributed by atoms with van der Waals surface area (Å²) in [5, 5.41) is 13.5. The summed E-state index contributed by atoms with van der Waals surface area (Å²) >= 11 is 12.6. The van der Waals surface area contributed by atoms with Gasteiger partial charge < -0.3 is 5.32 Å². The van der Waals surface area contributed by atoms with Crippen LogP contribution in [0.5, 0.6) is 0 Å². The van der Waals surface area contributed by atoms with Gasteiger partial charge in [-0.25, -0.2) is 4.98 Å². The summed E-state index contributed by atoms with van der Waals surface area (Å²) < 4.78 is 1.92. The van der Waals surface area contributed by atoms with Crippen molar-refractivity contribution in [3.05, 3.63) is 59.1 Å². The van der Waals surface area contributed by atoms with Crippen molar-refractivity contribution < 1.29 is 0 Å². The van der Waals surface area contributed by atoms with Crippen molar-refractivity contribution in [1.29, 1.82) is 0 Å². The summed E-state index contributed by atoms with van der Waals surface area (Å²) in [6.45, 7) is 10.1. The Bertz CT molecular complexity index is 1350. The van der Waals surface area contributed by atoms with E-state index in [0.29, 0.717) is 33.7 Å². The Morgan fingerprint density at radius 3 is 2.54 bits per heavy atom. The highest BCUT2D eigenvalue weighted by Gasteiger charge is 2.39. The first-order chi connectivity index (χ1) is 16.8. The van der Waals surface area contributed by atoms with Crippen LogP contribution in [-0.4, -0.2) is 53.6 Å². The van der Waals surface area contributed by atoms with Crippen molar-refractivity contribution in [3.8, 4) is 22.4 Å². The van der Waals surface area contributed by atoms with Gasteiger partial charge >= 0.3 is 0 Å². The van der Waals surface area contributed by atoms with Crippen molar-refractivity contribution >= 4 is 34.8 Å². The molecule has 4 heterocycles. The van der Waals surface area contributed by atoms with E-state index >= 15 is 0 Å². The van der Waals surface area contributed by atoms with Crippen LogP contribution in [0, 0.1) is 0 Å². The van der Waals surface area contributed by atoms with Crippen molar-refractivity contribution in [2.24, 2.45) is 0 Å². The first-order valence-corrected chi connectivity index (χ1v) is 12.7. The van der Waals surface area contributed by atoms with Gasteiger partial charge in [0.1, 0.15) is 6.33 Å². The van der Waals surface area contributed by atoms with Crippen LogP contribution in [0.2, 0.25) is 10.0 Å². The minimum Gasteiger partial charge on any atom is -0.349 e. The van der Waals surface area contributed by atoms with Crippen LogP contribution < -0.4 is 5.32 Å². The summed E-state index contributed by atoms with van der Waals surface area (Å²) in [4.78, 5) is 11.9. The van der Waals surface area contributed by atoms with E-state index in [0.717, 1.165) is 35.3 Å². The number of pyridine rings is 1. The number of likely N-dealkylation sites (tertiary alicyclic amines) is 1. The van der Waals surface area contributed by atoms with Gasteiger partial charge in [-0.1, -0.05) is 29.3 Å². The molecule has 7 nitrogen and oxygen atoms in total. The van der Waals surface area contributed by atoms with Gasteiger partial charge in [0.15, 0.2) is 5.65 Å². The zero-order valence-corrected chi connectivity index (χ0v) is 21.8. The number of benzene rings is 1. The van der Waals surface area contributed by atoms with Crippen molar-refractivity contribution in [2.45, 2.75) is 58.2 Å². The highest BCUT2D eigenvalue weighted by molar-refractivity contribution is 6.42. The Morgan fingerprint density at radius 2 is 1.83 bits per heavy atom. The van der Waals surface area contributed by atoms with E-state index in [1.54, 1.807) is 24.8 Å². The van der Waals surface area contributed by atoms with Gasteiger partial charge in [-0.05, 0) is 76.9 Å². The third-order valence-corrected chi connectivity index (χ3v) is 7.58. The topological polar surface area (TPSA) is 71.2 Å². The number of nitrogens with zero attached hydrogens (tertiary/aromatic N) is 6. The maximum Gasteiger partial charge on any atom is 0.211 e. The second kappa shape index (κ2) is 9.37. The van der Waals surface area contributed by atoms with E-state index in [-0.39, 0.29) is 5.54 Å². The fourth-order valence-electron chi connectivity index (χ4n) is 5.16. The van der Waals surface area contributed by atoms with Crippen molar-refractivity contribution in [3.63, 3.8) is 0 Å². The molecule has 1 aliphatic rings. The molecule has 182 valence electrons. The molecule has 1 unspecified atom stereocenters. The van der Waals surface area contributed by atoms with E-state index in [9.17, 15) is 0 Å². The summed E-state index contributed by atoms with van der Waals surface area (Å²) in [6.07, 6.45) is 7.57. The molecule has 3 aromatic heterocycles. The summed E-state index contributed by atoms with van der Waals surface area (Å²) in [6, 6.07) is 10.3. The lowest BCUT2D eigenvalue weighted by molar-refractivity contribution is 0.156. The van der Waals surface area contributed by atoms with Crippen LogP contribution in [0.25, 0.3) is 28.0 Å². The average molecular weight is 510 g/mol. The largest absolute Gasteiger partial charge is 0.349 e. The van der Waals surface area contributed by atoms with Crippen LogP contribution in [0.1, 0.15) is 40.5 Å². The van der Waals surface area contributed by atoms with Crippen LogP contribution >= 0.6 is 23.2 Å². The molecule has 1 aromatic carbocycles. The highest BCUT2D eigenvalue weighted by Crippen LogP contribution is 2.38. The summed E-state index contributed by atoms with van der Waals surface area (Å²) in [5.74, 6) is 0.696. The molecule has 1 aliphatic heterocycles. The second-order valence-electron chi connectivity index (χ2n) is 9.88. The van der Waals surface area contributed by atoms with Gasteiger partial charge in [-0.15, -0.1) is 10.2 Å². The first-order valence-electron chi connectivity index (χ1n) is 11.9. The lowest BCUT2D eigenvalue weighted by atomic mass is 9.92. The van der Waals surface area contributed by atoms with E-state index in [1.165, 1.54) is 6.42 Å². The van der Waals surface area contributed by atoms with E-state index in [1.807, 2.05) is 28.7 Å². The van der Waals surface area contributed by atoms with Gasteiger partial charge in [0.2, 0.25) is 5.95 Å². The molecule has 5 rings (SSSR count). The molecule has 1 atom stereocenters. The average Bonchev–Trinajstić information content (AvgIpc) is 3.52. The van der Waals surface area contributed by atoms with Gasteiger partial charge in [0.05, 0.1) is 26.8 Å². The number of fused-ring (bicyclic) bond motifs is 1. The molecule has 4 aromatic rings. The smallest absolute Gasteiger partial charge is 0.211 e. The molecule has 1 N–H and O–H groups in total. The molecule has 0 spiro atoms. The third-order valence-electron chi connectivity index (χ3n) is 6.84. The lowest BCUT2D eigenvalue weighted by Gasteiger charge is -2.40. The normalized spacial score (nSPS) is 16.9. The standard InChI is InChI=1S/C26H29Cl2N7/c1-16(2)34-13-5-6-21(34)26(3,4)32-25-31-23(17-9-11-29-12-10-17)22(24-33-30-15-35(24)25)18-7-8-19(27)20(28)14-18/h7-12,14-16,21H,5-6,13H2,1-4H3,(H,31,32). The van der Waals surface area contributed by atoms with E-state index in [2.05, 4.69) is 53.1 Å². The second-order valence-corrected chi connectivity index (χ2v) is 10.7. The predicted molar refractivity (Wildman–Crippen MR) is 142 cm³/mol. The van der Waals surface area contributed by atoms with Gasteiger partial charge in [-0.2, -0.15) is 0 Å². The predicted octanol–water partition coefficient (Wildman–Crippen LogP) is 6.22. The van der Waals surface area contributed by atoms with E-state index < -0.39 is 0 Å². The minimum atomic E-state index is -0.231. The Balaban J connectivity index is 1.68. The van der Waals surface area contributed by atoms with Crippen LogP contribution in [0.4, 0.5) is 5.95 Å². The Kier molecular flexibility index (Phi) is 6.42. The number of aromatic nitrogens is 5. The maximum atomic E-state index is 6.40. The lowest BCUT2D eigenvalue weighted by Crippen LogP contribution is -2.53. The Hall–Kier alpha value is -2.74. The monoisotopic (exact) mass is 509 g/mol. The molecule has 0 aliphatic carbocycles. The molecule has 0 bridgehead atoms. The quantitative estimate of drug-likeness (QED) is 0.332. The van der Waals surface area contributed by atoms with E-state index in [4.69, 9.17) is 28.2 Å². The molecule has 35 heavy (non-hydrogen) atoms. The van der Waals surface area contributed by atoms with Crippen LogP contribution in [0.3, 0.4) is 0 Å². The molecule has 1 fully saturated rings. The summed E-state index contributed by atoms with van der Waals surface area (Å²) in [5.41, 5.74) is 3.86. The molecular weight excluding hydrogens is 481 g/mol. The zero-order chi connectivity index (χ0) is 24.7. The number of hydrogen-bond acceptors (Lipinski definition) is 6. The highest BCUT2D eigenvalue weighted by atomic mass is 35.5. The molecule has 9 heteroatoms. The SMILES string of the molecule is CC(C)N1CCCC1C(C)(C)Nc1nc(-c2ccncc2)c(-c2ccc(Cl)c(Cl)c2)c2nncn12. The number of hydrogen-bond donors (Lipinski definition) is 1. The Labute approximate surface area is 215 Å². The van der Waals surface area contributed by atoms with Gasteiger partial charge in [0.25, 0.3) is 0 Å². The molecule has 0 amide bonds. The number of anilines is 1. The molecular formula is C26H29Cl2N7. The van der Waals surface area contributed by atoms with Crippen LogP contribution in [0.15, 0.2) is 49.1 Å². The van der Waals surface area contributed by atoms with Crippen molar-refractivity contribution in [2.75, 3.05) is 11.9 Å². The minimum absolute atomic E-state index is 0.231. The summed E-state index contributed by atoms with van der Waals surface area (Å²) in [7, 11) is 0. The zero-order valence-electron chi connectivity index (χ0n) is 20.3. The Morgan fingerprint density at radius 1 is 1.06 bits per heavy atom. The number of rotatable bonds is 6. The fourth-order valence-corrected chi connectivity index (χ4v) is 5.46. The van der Waals surface area contributed by atoms with Gasteiger partial charge in [0, 0.05) is 30.0 Å². The molecule has 0 saturated carbocycles. The molecule has 1 saturated heterocycles. The molecule has 0 radical (unpaired) electrons. The van der Waals surface area contributed by atoms with Gasteiger partial charge in [-0.3, -0.25) is 14.3 Å².